The van der Waals surface area contributed by atoms with Crippen molar-refractivity contribution in [2.45, 2.75) is 44.7 Å². The van der Waals surface area contributed by atoms with Crippen LogP contribution in [0.5, 0.6) is 0 Å². The summed E-state index contributed by atoms with van der Waals surface area (Å²) in [6, 6.07) is 0.176. The molecule has 3 aliphatic rings. The van der Waals surface area contributed by atoms with Crippen LogP contribution in [0, 0.1) is 11.8 Å². The first-order valence-corrected chi connectivity index (χ1v) is 8.96. The molecule has 6 heteroatoms. The van der Waals surface area contributed by atoms with Crippen molar-refractivity contribution in [3.05, 3.63) is 0 Å². The summed E-state index contributed by atoms with van der Waals surface area (Å²) in [6.07, 6.45) is 5.63. The van der Waals surface area contributed by atoms with Gasteiger partial charge in [0.25, 0.3) is 0 Å². The molecule has 0 unspecified atom stereocenters. The lowest BCUT2D eigenvalue weighted by Crippen LogP contribution is -2.57. The molecule has 1 aliphatic heterocycles. The van der Waals surface area contributed by atoms with E-state index in [0.717, 1.165) is 44.1 Å². The van der Waals surface area contributed by atoms with E-state index in [9.17, 15) is 9.59 Å². The van der Waals surface area contributed by atoms with Gasteiger partial charge in [-0.1, -0.05) is 6.42 Å². The van der Waals surface area contributed by atoms with Crippen LogP contribution in [-0.2, 0) is 4.79 Å². The molecule has 0 aromatic carbocycles. The van der Waals surface area contributed by atoms with E-state index in [4.69, 9.17) is 0 Å². The molecule has 3 fully saturated rings. The number of nitrogens with one attached hydrogen (secondary N) is 1. The number of urea groups is 1. The van der Waals surface area contributed by atoms with Gasteiger partial charge >= 0.3 is 6.03 Å². The standard InChI is InChI=1S/C17H30N4O2/c1-12(16(22)19(2)3)18-17(23)21-8-6-20(7-9-21)15-11-13-4-5-14(15)10-13/h12-15H,4-11H2,1-3H3,(H,18,23)/t12-,13-,14-,15+/m0/s1. The molecule has 2 aliphatic carbocycles. The van der Waals surface area contributed by atoms with Gasteiger partial charge in [0.15, 0.2) is 0 Å². The minimum absolute atomic E-state index is 0.0704. The highest BCUT2D eigenvalue weighted by atomic mass is 16.2. The fourth-order valence-corrected chi connectivity index (χ4v) is 4.64. The first kappa shape index (κ1) is 16.6. The van der Waals surface area contributed by atoms with E-state index >= 15 is 0 Å². The van der Waals surface area contributed by atoms with Gasteiger partial charge < -0.3 is 15.1 Å². The third-order valence-corrected chi connectivity index (χ3v) is 5.92. The van der Waals surface area contributed by atoms with Crippen LogP contribution >= 0.6 is 0 Å². The third-order valence-electron chi connectivity index (χ3n) is 5.92. The van der Waals surface area contributed by atoms with Crippen molar-refractivity contribution in [2.24, 2.45) is 11.8 Å². The van der Waals surface area contributed by atoms with Crippen molar-refractivity contribution in [1.29, 1.82) is 0 Å². The zero-order chi connectivity index (χ0) is 16.6. The van der Waals surface area contributed by atoms with Crippen LogP contribution in [0.2, 0.25) is 0 Å². The Morgan fingerprint density at radius 2 is 1.78 bits per heavy atom. The number of piperazine rings is 1. The molecule has 2 bridgehead atoms. The minimum Gasteiger partial charge on any atom is -0.347 e. The summed E-state index contributed by atoms with van der Waals surface area (Å²) in [6.45, 7) is 5.21. The van der Waals surface area contributed by atoms with E-state index in [1.54, 1.807) is 21.0 Å². The van der Waals surface area contributed by atoms with E-state index < -0.39 is 6.04 Å². The second kappa shape index (κ2) is 6.67. The highest BCUT2D eigenvalue weighted by molar-refractivity contribution is 5.86. The number of rotatable bonds is 3. The predicted molar refractivity (Wildman–Crippen MR) is 89.1 cm³/mol. The molecule has 1 N–H and O–H groups in total. The molecule has 1 saturated heterocycles. The number of hydrogen-bond acceptors (Lipinski definition) is 3. The molecule has 3 rings (SSSR count). The van der Waals surface area contributed by atoms with Crippen molar-refractivity contribution in [2.75, 3.05) is 40.3 Å². The Labute approximate surface area is 139 Å². The van der Waals surface area contributed by atoms with Gasteiger partial charge in [0.1, 0.15) is 6.04 Å². The van der Waals surface area contributed by atoms with Crippen molar-refractivity contribution in [3.8, 4) is 0 Å². The lowest BCUT2D eigenvalue weighted by Gasteiger charge is -2.41. The minimum atomic E-state index is -0.471. The van der Waals surface area contributed by atoms with Crippen LogP contribution in [0.25, 0.3) is 0 Å². The van der Waals surface area contributed by atoms with Crippen LogP contribution < -0.4 is 5.32 Å². The lowest BCUT2D eigenvalue weighted by atomic mass is 9.93. The van der Waals surface area contributed by atoms with Crippen molar-refractivity contribution >= 4 is 11.9 Å². The predicted octanol–water partition coefficient (Wildman–Crippen LogP) is 0.979. The molecular formula is C17H30N4O2. The molecule has 0 aromatic heterocycles. The summed E-state index contributed by atoms with van der Waals surface area (Å²) in [5.41, 5.74) is 0. The topological polar surface area (TPSA) is 55.9 Å². The summed E-state index contributed by atoms with van der Waals surface area (Å²) < 4.78 is 0. The van der Waals surface area contributed by atoms with E-state index in [1.165, 1.54) is 30.6 Å². The lowest BCUT2D eigenvalue weighted by molar-refractivity contribution is -0.130. The third kappa shape index (κ3) is 3.47. The monoisotopic (exact) mass is 322 g/mol. The molecule has 3 amide bonds. The quantitative estimate of drug-likeness (QED) is 0.843. The summed E-state index contributed by atoms with van der Waals surface area (Å²) in [4.78, 5) is 30.1. The fourth-order valence-electron chi connectivity index (χ4n) is 4.64. The largest absolute Gasteiger partial charge is 0.347 e. The van der Waals surface area contributed by atoms with Crippen molar-refractivity contribution in [1.82, 2.24) is 20.0 Å². The number of carbonyl (C=O) groups is 2. The van der Waals surface area contributed by atoms with Gasteiger partial charge in [-0.25, -0.2) is 4.79 Å². The molecular weight excluding hydrogens is 292 g/mol. The zero-order valence-electron chi connectivity index (χ0n) is 14.6. The number of nitrogens with zero attached hydrogens (tertiary/aromatic N) is 3. The maximum atomic E-state index is 12.3. The van der Waals surface area contributed by atoms with Crippen molar-refractivity contribution in [3.63, 3.8) is 0 Å². The van der Waals surface area contributed by atoms with Crippen LogP contribution in [0.4, 0.5) is 4.79 Å². The van der Waals surface area contributed by atoms with Crippen LogP contribution in [0.3, 0.4) is 0 Å². The molecule has 130 valence electrons. The summed E-state index contributed by atoms with van der Waals surface area (Å²) in [7, 11) is 3.41. The Morgan fingerprint density at radius 3 is 2.30 bits per heavy atom. The van der Waals surface area contributed by atoms with E-state index in [0.29, 0.717) is 0 Å². The molecule has 4 atom stereocenters. The van der Waals surface area contributed by atoms with E-state index in [-0.39, 0.29) is 11.9 Å². The number of likely N-dealkylation sites (N-methyl/N-ethyl adjacent to an activating group) is 1. The van der Waals surface area contributed by atoms with Gasteiger partial charge in [-0.2, -0.15) is 0 Å². The number of hydrogen-bond donors (Lipinski definition) is 1. The first-order valence-electron chi connectivity index (χ1n) is 8.96. The second-order valence-corrected chi connectivity index (χ2v) is 7.67. The Morgan fingerprint density at radius 1 is 1.09 bits per heavy atom. The van der Waals surface area contributed by atoms with E-state index in [2.05, 4.69) is 10.2 Å². The molecule has 2 saturated carbocycles. The summed E-state index contributed by atoms with van der Waals surface area (Å²) in [5.74, 6) is 1.79. The number of amides is 3. The Bertz CT molecular complexity index is 460. The van der Waals surface area contributed by atoms with Gasteiger partial charge in [0, 0.05) is 46.3 Å². The smallest absolute Gasteiger partial charge is 0.318 e. The molecule has 1 heterocycles. The average molecular weight is 322 g/mol. The normalized spacial score (nSPS) is 32.0. The number of fused-ring (bicyclic) bond motifs is 2. The van der Waals surface area contributed by atoms with Gasteiger partial charge in [-0.15, -0.1) is 0 Å². The summed E-state index contributed by atoms with van der Waals surface area (Å²) >= 11 is 0. The highest BCUT2D eigenvalue weighted by Gasteiger charge is 2.43. The number of carbonyl (C=O) groups excluding carboxylic acids is 2. The maximum Gasteiger partial charge on any atom is 0.318 e. The Hall–Kier alpha value is -1.30. The van der Waals surface area contributed by atoms with E-state index in [1.807, 2.05) is 4.90 Å². The van der Waals surface area contributed by atoms with Gasteiger partial charge in [-0.05, 0) is 38.0 Å². The fraction of sp³-hybridized carbons (Fsp3) is 0.882. The molecule has 0 aromatic rings. The second-order valence-electron chi connectivity index (χ2n) is 7.67. The first-order chi connectivity index (χ1) is 11.0. The highest BCUT2D eigenvalue weighted by Crippen LogP contribution is 2.46. The van der Waals surface area contributed by atoms with Crippen LogP contribution in [0.15, 0.2) is 0 Å². The summed E-state index contributed by atoms with van der Waals surface area (Å²) in [5, 5.41) is 2.82. The van der Waals surface area contributed by atoms with Crippen LogP contribution in [-0.4, -0.2) is 79.0 Å². The Kier molecular flexibility index (Phi) is 4.80. The van der Waals surface area contributed by atoms with Crippen molar-refractivity contribution < 1.29 is 9.59 Å². The maximum absolute atomic E-state index is 12.3. The Balaban J connectivity index is 1.45. The molecule has 0 spiro atoms. The molecule has 23 heavy (non-hydrogen) atoms. The zero-order valence-corrected chi connectivity index (χ0v) is 14.6. The van der Waals surface area contributed by atoms with Gasteiger partial charge in [0.2, 0.25) is 5.91 Å². The van der Waals surface area contributed by atoms with Gasteiger partial charge in [0.05, 0.1) is 0 Å². The average Bonchev–Trinajstić information content (AvgIpc) is 3.17. The molecule has 6 nitrogen and oxygen atoms in total. The van der Waals surface area contributed by atoms with Crippen LogP contribution in [0.1, 0.15) is 32.6 Å². The molecule has 0 radical (unpaired) electrons. The van der Waals surface area contributed by atoms with Gasteiger partial charge in [-0.3, -0.25) is 9.69 Å². The SMILES string of the molecule is C[C@H](NC(=O)N1CCN([C@@H]2C[C@H]3CC[C@H]2C3)CC1)C(=O)N(C)C.